The van der Waals surface area contributed by atoms with Gasteiger partial charge in [0.1, 0.15) is 0 Å². The average molecular weight is 450 g/mol. The molecule has 0 aliphatic carbocycles. The predicted octanol–water partition coefficient (Wildman–Crippen LogP) is 2.19. The minimum absolute atomic E-state index is 0.0317. The standard InChI is InChI=1S/C22H31N3O5S/c1-2-3-4-5-6-18-7-8-20(23-17-18)19-9-13-25(14-10-19)31(28,29)22(21(26)24-27)11-15-30-16-12-22/h7-8,17,19,27H,2-4,9-16H2,1H3,(H,24,26). The Hall–Kier alpha value is -1.99. The Balaban J connectivity index is 1.65. The number of carbonyl (C=O) groups is 1. The second-order valence-electron chi connectivity index (χ2n) is 8.10. The summed E-state index contributed by atoms with van der Waals surface area (Å²) in [6, 6.07) is 3.94. The van der Waals surface area contributed by atoms with Gasteiger partial charge in [0.15, 0.2) is 4.75 Å². The molecule has 1 aromatic rings. The Bertz CT molecular complexity index is 907. The van der Waals surface area contributed by atoms with E-state index in [1.165, 1.54) is 4.31 Å². The van der Waals surface area contributed by atoms with Gasteiger partial charge in [-0.1, -0.05) is 25.2 Å². The number of carbonyl (C=O) groups excluding carboxylic acids is 1. The number of nitrogens with one attached hydrogen (secondary N) is 1. The van der Waals surface area contributed by atoms with Crippen LogP contribution in [0, 0.1) is 11.8 Å². The molecule has 2 aliphatic rings. The van der Waals surface area contributed by atoms with Gasteiger partial charge in [0, 0.05) is 68.9 Å². The Labute approximate surface area is 184 Å². The summed E-state index contributed by atoms with van der Waals surface area (Å²) >= 11 is 0. The number of hydrogen-bond acceptors (Lipinski definition) is 6. The van der Waals surface area contributed by atoms with Crippen molar-refractivity contribution in [2.45, 2.75) is 62.5 Å². The molecule has 0 unspecified atom stereocenters. The fourth-order valence-electron chi connectivity index (χ4n) is 4.19. The van der Waals surface area contributed by atoms with Gasteiger partial charge in [-0.05, 0) is 31.4 Å². The van der Waals surface area contributed by atoms with Crippen LogP contribution in [-0.2, 0) is 19.6 Å². The average Bonchev–Trinajstić information content (AvgIpc) is 2.82. The fourth-order valence-corrected chi connectivity index (χ4v) is 6.34. The van der Waals surface area contributed by atoms with Crippen LogP contribution in [0.1, 0.15) is 69.0 Å². The molecule has 0 radical (unpaired) electrons. The quantitative estimate of drug-likeness (QED) is 0.298. The number of sulfonamides is 1. The fraction of sp³-hybridized carbons (Fsp3) is 0.636. The number of pyridine rings is 1. The lowest BCUT2D eigenvalue weighted by Crippen LogP contribution is -2.60. The molecule has 2 aliphatic heterocycles. The number of nitrogens with zero attached hydrogens (tertiary/aromatic N) is 2. The van der Waals surface area contributed by atoms with E-state index in [1.54, 1.807) is 11.7 Å². The molecule has 31 heavy (non-hydrogen) atoms. The third-order valence-corrected chi connectivity index (χ3v) is 8.82. The molecule has 3 rings (SSSR count). The topological polar surface area (TPSA) is 109 Å². The van der Waals surface area contributed by atoms with Crippen molar-refractivity contribution in [1.82, 2.24) is 14.8 Å². The molecule has 0 saturated carbocycles. The van der Waals surface area contributed by atoms with Crippen LogP contribution in [0.15, 0.2) is 18.3 Å². The Morgan fingerprint density at radius 1 is 1.32 bits per heavy atom. The van der Waals surface area contributed by atoms with Gasteiger partial charge in [0.25, 0.3) is 5.91 Å². The molecule has 2 saturated heterocycles. The zero-order valence-electron chi connectivity index (χ0n) is 18.0. The van der Waals surface area contributed by atoms with E-state index < -0.39 is 20.7 Å². The maximum atomic E-state index is 13.4. The normalized spacial score (nSPS) is 19.9. The molecule has 170 valence electrons. The second kappa shape index (κ2) is 10.6. The molecule has 2 fully saturated rings. The van der Waals surface area contributed by atoms with E-state index in [4.69, 9.17) is 9.94 Å². The SMILES string of the molecule is CCCCC#Cc1ccc(C2CCN(S(=O)(=O)C3(C(=O)NO)CCOCC3)CC2)nc1. The maximum Gasteiger partial charge on any atom is 0.266 e. The lowest BCUT2D eigenvalue weighted by Gasteiger charge is -2.40. The third kappa shape index (κ3) is 5.09. The van der Waals surface area contributed by atoms with Gasteiger partial charge in [0.2, 0.25) is 10.0 Å². The van der Waals surface area contributed by atoms with Crippen LogP contribution in [0.25, 0.3) is 0 Å². The zero-order valence-corrected chi connectivity index (χ0v) is 18.8. The summed E-state index contributed by atoms with van der Waals surface area (Å²) in [6.07, 6.45) is 6.19. The number of aromatic nitrogens is 1. The Morgan fingerprint density at radius 2 is 2.03 bits per heavy atom. The minimum atomic E-state index is -3.94. The van der Waals surface area contributed by atoms with Crippen molar-refractivity contribution < 1.29 is 23.2 Å². The van der Waals surface area contributed by atoms with Crippen molar-refractivity contribution in [2.24, 2.45) is 0 Å². The molecule has 0 bridgehead atoms. The Morgan fingerprint density at radius 3 is 2.61 bits per heavy atom. The summed E-state index contributed by atoms with van der Waals surface area (Å²) in [5, 5.41) is 9.17. The van der Waals surface area contributed by atoms with E-state index in [-0.39, 0.29) is 32.0 Å². The van der Waals surface area contributed by atoms with E-state index in [0.29, 0.717) is 25.9 Å². The van der Waals surface area contributed by atoms with E-state index in [2.05, 4.69) is 23.7 Å². The van der Waals surface area contributed by atoms with Crippen LogP contribution in [0.4, 0.5) is 0 Å². The highest BCUT2D eigenvalue weighted by molar-refractivity contribution is 7.91. The molecule has 2 N–H and O–H groups in total. The summed E-state index contributed by atoms with van der Waals surface area (Å²) in [5.74, 6) is 5.55. The van der Waals surface area contributed by atoms with Crippen molar-refractivity contribution >= 4 is 15.9 Å². The maximum absolute atomic E-state index is 13.4. The molecule has 9 heteroatoms. The molecular weight excluding hydrogens is 418 g/mol. The van der Waals surface area contributed by atoms with Gasteiger partial charge in [-0.15, -0.1) is 0 Å². The van der Waals surface area contributed by atoms with E-state index in [0.717, 1.165) is 30.5 Å². The third-order valence-electron chi connectivity index (χ3n) is 6.20. The molecule has 1 amide bonds. The number of rotatable bonds is 6. The Kier molecular flexibility index (Phi) is 8.06. The number of hydroxylamine groups is 1. The molecule has 3 heterocycles. The first kappa shape index (κ1) is 23.7. The predicted molar refractivity (Wildman–Crippen MR) is 116 cm³/mol. The first-order chi connectivity index (χ1) is 14.9. The first-order valence-electron chi connectivity index (χ1n) is 10.9. The number of unbranched alkanes of at least 4 members (excludes halogenated alkanes) is 2. The lowest BCUT2D eigenvalue weighted by atomic mass is 9.94. The van der Waals surface area contributed by atoms with Crippen molar-refractivity contribution in [3.63, 3.8) is 0 Å². The lowest BCUT2D eigenvalue weighted by molar-refractivity contribution is -0.134. The van der Waals surface area contributed by atoms with Crippen molar-refractivity contribution in [2.75, 3.05) is 26.3 Å². The van der Waals surface area contributed by atoms with Crippen LogP contribution in [0.5, 0.6) is 0 Å². The van der Waals surface area contributed by atoms with Gasteiger partial charge in [-0.2, -0.15) is 0 Å². The highest BCUT2D eigenvalue weighted by Crippen LogP contribution is 2.36. The molecule has 0 spiro atoms. The van der Waals surface area contributed by atoms with Crippen LogP contribution >= 0.6 is 0 Å². The largest absolute Gasteiger partial charge is 0.381 e. The van der Waals surface area contributed by atoms with Crippen LogP contribution in [-0.4, -0.2) is 59.9 Å². The van der Waals surface area contributed by atoms with Gasteiger partial charge in [0.05, 0.1) is 0 Å². The molecule has 0 atom stereocenters. The second-order valence-corrected chi connectivity index (χ2v) is 10.4. The van der Waals surface area contributed by atoms with Gasteiger partial charge in [-0.3, -0.25) is 15.0 Å². The summed E-state index contributed by atoms with van der Waals surface area (Å²) in [5.41, 5.74) is 3.38. The molecule has 8 nitrogen and oxygen atoms in total. The van der Waals surface area contributed by atoms with Crippen LogP contribution in [0.3, 0.4) is 0 Å². The molecule has 1 aromatic heterocycles. The van der Waals surface area contributed by atoms with E-state index >= 15 is 0 Å². The zero-order chi connectivity index (χ0) is 22.3. The monoisotopic (exact) mass is 449 g/mol. The van der Waals surface area contributed by atoms with Crippen molar-refractivity contribution in [1.29, 1.82) is 0 Å². The number of amides is 1. The van der Waals surface area contributed by atoms with Gasteiger partial charge < -0.3 is 4.74 Å². The first-order valence-corrected chi connectivity index (χ1v) is 12.4. The summed E-state index contributed by atoms with van der Waals surface area (Å²) in [7, 11) is -3.94. The highest BCUT2D eigenvalue weighted by atomic mass is 32.2. The summed E-state index contributed by atoms with van der Waals surface area (Å²) < 4.78 is 31.7. The van der Waals surface area contributed by atoms with E-state index in [9.17, 15) is 13.2 Å². The van der Waals surface area contributed by atoms with Crippen LogP contribution in [0.2, 0.25) is 0 Å². The van der Waals surface area contributed by atoms with Gasteiger partial charge in [-0.25, -0.2) is 18.2 Å². The van der Waals surface area contributed by atoms with E-state index in [1.807, 2.05) is 12.1 Å². The highest BCUT2D eigenvalue weighted by Gasteiger charge is 2.54. The summed E-state index contributed by atoms with van der Waals surface area (Å²) in [4.78, 5) is 16.9. The molecular formula is C22H31N3O5S. The smallest absolute Gasteiger partial charge is 0.266 e. The number of piperidine rings is 1. The van der Waals surface area contributed by atoms with Crippen LogP contribution < -0.4 is 5.48 Å². The number of ether oxygens (including phenoxy) is 1. The molecule has 0 aromatic carbocycles. The van der Waals surface area contributed by atoms with Gasteiger partial charge >= 0.3 is 0 Å². The van der Waals surface area contributed by atoms with Crippen molar-refractivity contribution in [3.05, 3.63) is 29.6 Å². The number of hydrogen-bond donors (Lipinski definition) is 2. The van der Waals surface area contributed by atoms with Crippen molar-refractivity contribution in [3.8, 4) is 11.8 Å². The minimum Gasteiger partial charge on any atom is -0.381 e. The summed E-state index contributed by atoms with van der Waals surface area (Å²) in [6.45, 7) is 3.10.